The maximum absolute atomic E-state index is 12.4. The molecule has 1 N–H and O–H groups in total. The number of quaternary nitrogens is 1. The monoisotopic (exact) mass is 517 g/mol. The number of likely N-dealkylation sites (N-methyl/N-ethyl adjacent to an activating group) is 1. The zero-order valence-electron chi connectivity index (χ0n) is 24.0. The molecule has 0 radical (unpaired) electrons. The van der Waals surface area contributed by atoms with Crippen LogP contribution in [0.25, 0.3) is 0 Å². The van der Waals surface area contributed by atoms with Gasteiger partial charge in [-0.05, 0) is 86.9 Å². The van der Waals surface area contributed by atoms with E-state index in [1.54, 1.807) is 6.92 Å². The van der Waals surface area contributed by atoms with Crippen LogP contribution in [0.1, 0.15) is 85.0 Å². The Hall–Kier alpha value is -0.690. The third-order valence-corrected chi connectivity index (χ3v) is 13.1. The predicted molar refractivity (Wildman–Crippen MR) is 144 cm³/mol. The van der Waals surface area contributed by atoms with E-state index in [1.807, 2.05) is 0 Å². The van der Waals surface area contributed by atoms with Crippen molar-refractivity contribution in [1.82, 2.24) is 4.90 Å². The molecule has 37 heavy (non-hydrogen) atoms. The minimum atomic E-state index is -0.200. The number of hydrogen-bond acceptors (Lipinski definition) is 5. The molecule has 4 aliphatic carbocycles. The van der Waals surface area contributed by atoms with Crippen LogP contribution in [0.2, 0.25) is 0 Å². The number of ether oxygens (including phenoxy) is 2. The second kappa shape index (κ2) is 9.74. The number of piperidine rings is 1. The minimum absolute atomic E-state index is 0.0545. The highest BCUT2D eigenvalue weighted by Crippen LogP contribution is 2.67. The highest BCUT2D eigenvalue weighted by atomic mass is 16.5. The molecule has 2 saturated heterocycles. The van der Waals surface area contributed by atoms with E-state index in [-0.39, 0.29) is 29.6 Å². The molecule has 0 aromatic rings. The van der Waals surface area contributed by atoms with Crippen molar-refractivity contribution in [1.29, 1.82) is 0 Å². The standard InChI is InChI=1S/C31H53N2O4/c1-21(34)37-29-27(33(4)14-6-5-7-15-33)19-25-23-9-8-22-18-28(35)26(32-12-16-36-17-13-32)20-31(22,3)24(23)10-11-30(25,29)2/h22-29,35H,5-20H2,1-4H3/q+1/t22-,23?,24?,25?,26-,27-,28-,29-,30-,31-/m0/s1. The minimum Gasteiger partial charge on any atom is -0.456 e. The van der Waals surface area contributed by atoms with E-state index in [4.69, 9.17) is 9.47 Å². The van der Waals surface area contributed by atoms with Crippen LogP contribution in [0.5, 0.6) is 0 Å². The number of nitrogens with zero attached hydrogens (tertiary/aromatic N) is 2. The van der Waals surface area contributed by atoms with Crippen LogP contribution in [0, 0.1) is 34.5 Å². The Morgan fingerprint density at radius 3 is 2.43 bits per heavy atom. The quantitative estimate of drug-likeness (QED) is 0.448. The van der Waals surface area contributed by atoms with Crippen molar-refractivity contribution in [2.24, 2.45) is 34.5 Å². The van der Waals surface area contributed by atoms with Gasteiger partial charge in [0.25, 0.3) is 0 Å². The van der Waals surface area contributed by atoms with Gasteiger partial charge < -0.3 is 19.1 Å². The van der Waals surface area contributed by atoms with Gasteiger partial charge in [-0.15, -0.1) is 0 Å². The van der Waals surface area contributed by atoms with Crippen LogP contribution in [-0.2, 0) is 14.3 Å². The number of rotatable bonds is 3. The van der Waals surface area contributed by atoms with Crippen LogP contribution in [0.4, 0.5) is 0 Å². The van der Waals surface area contributed by atoms with Crippen LogP contribution >= 0.6 is 0 Å². The fourth-order valence-corrected chi connectivity index (χ4v) is 11.1. The van der Waals surface area contributed by atoms with Gasteiger partial charge in [-0.25, -0.2) is 0 Å². The number of likely N-dealkylation sites (tertiary alicyclic amines) is 1. The molecule has 0 spiro atoms. The normalized spacial score (nSPS) is 50.0. The first-order valence-electron chi connectivity index (χ1n) is 15.7. The smallest absolute Gasteiger partial charge is 0.303 e. The van der Waals surface area contributed by atoms with Gasteiger partial charge in [-0.1, -0.05) is 13.8 Å². The number of aliphatic hydroxyl groups excluding tert-OH is 1. The van der Waals surface area contributed by atoms with Crippen molar-refractivity contribution in [2.75, 3.05) is 46.4 Å². The van der Waals surface area contributed by atoms with Crippen molar-refractivity contribution in [3.63, 3.8) is 0 Å². The zero-order chi connectivity index (χ0) is 26.0. The fourth-order valence-electron chi connectivity index (χ4n) is 11.1. The van der Waals surface area contributed by atoms with Crippen molar-refractivity contribution in [2.45, 2.75) is 109 Å². The molecule has 0 amide bonds. The topological polar surface area (TPSA) is 59.0 Å². The molecule has 0 aromatic carbocycles. The van der Waals surface area contributed by atoms with Gasteiger partial charge in [0.15, 0.2) is 6.10 Å². The van der Waals surface area contributed by atoms with Gasteiger partial charge in [-0.2, -0.15) is 0 Å². The Kier molecular flexibility index (Phi) is 6.99. The number of hydrogen-bond donors (Lipinski definition) is 1. The molecule has 2 aliphatic heterocycles. The molecule has 4 saturated carbocycles. The molecule has 3 unspecified atom stereocenters. The Balaban J connectivity index is 1.28. The molecule has 6 fully saturated rings. The highest BCUT2D eigenvalue weighted by molar-refractivity contribution is 5.66. The Bertz CT molecular complexity index is 854. The zero-order valence-corrected chi connectivity index (χ0v) is 24.0. The average Bonchev–Trinajstić information content (AvgIpc) is 3.17. The summed E-state index contributed by atoms with van der Waals surface area (Å²) < 4.78 is 13.1. The molecular formula is C31H53N2O4+. The van der Waals surface area contributed by atoms with Gasteiger partial charge in [0, 0.05) is 37.9 Å². The number of morpholine rings is 1. The molecule has 10 atom stereocenters. The average molecular weight is 518 g/mol. The SMILES string of the molecule is CC(=O)O[C@H]1[C@@H]([N+]2(C)CCCCC2)CC2C3CC[C@H]4C[C@H](O)[C@@H](N5CCOCC5)C[C@]4(C)C3CC[C@@]21C. The molecule has 6 nitrogen and oxygen atoms in total. The molecule has 6 aliphatic rings. The van der Waals surface area contributed by atoms with Crippen molar-refractivity contribution in [3.8, 4) is 0 Å². The third-order valence-electron chi connectivity index (χ3n) is 13.1. The maximum Gasteiger partial charge on any atom is 0.303 e. The summed E-state index contributed by atoms with van der Waals surface area (Å²) in [6, 6.07) is 0.720. The summed E-state index contributed by atoms with van der Waals surface area (Å²) in [4.78, 5) is 15.0. The van der Waals surface area contributed by atoms with E-state index in [0.717, 1.165) is 55.5 Å². The molecule has 0 bridgehead atoms. The van der Waals surface area contributed by atoms with Crippen molar-refractivity contribution < 1.29 is 23.9 Å². The molecule has 6 rings (SSSR count). The Morgan fingerprint density at radius 2 is 1.73 bits per heavy atom. The van der Waals surface area contributed by atoms with E-state index in [1.165, 1.54) is 64.5 Å². The lowest BCUT2D eigenvalue weighted by Crippen LogP contribution is -2.61. The first-order chi connectivity index (χ1) is 17.7. The Labute approximate surface area is 225 Å². The third kappa shape index (κ3) is 4.31. The van der Waals surface area contributed by atoms with Gasteiger partial charge in [0.2, 0.25) is 0 Å². The van der Waals surface area contributed by atoms with Gasteiger partial charge >= 0.3 is 5.97 Å². The number of fused-ring (bicyclic) bond motifs is 5. The lowest BCUT2D eigenvalue weighted by atomic mass is 9.44. The number of esters is 1. The summed E-state index contributed by atoms with van der Waals surface area (Å²) in [6.07, 6.45) is 12.1. The summed E-state index contributed by atoms with van der Waals surface area (Å²) >= 11 is 0. The molecule has 2 heterocycles. The summed E-state index contributed by atoms with van der Waals surface area (Å²) in [5.41, 5.74) is 0.391. The molecule has 0 aromatic heterocycles. The van der Waals surface area contributed by atoms with E-state index >= 15 is 0 Å². The van der Waals surface area contributed by atoms with Crippen LogP contribution < -0.4 is 0 Å². The number of carbonyl (C=O) groups is 1. The number of carbonyl (C=O) groups excluding carboxylic acids is 1. The summed E-state index contributed by atoms with van der Waals surface area (Å²) in [6.45, 7) is 12.7. The summed E-state index contributed by atoms with van der Waals surface area (Å²) in [5, 5.41) is 11.3. The molecular weight excluding hydrogens is 464 g/mol. The fraction of sp³-hybridized carbons (Fsp3) is 0.968. The Morgan fingerprint density at radius 1 is 1.00 bits per heavy atom. The second-order valence-corrected chi connectivity index (χ2v) is 14.7. The highest BCUT2D eigenvalue weighted by Gasteiger charge is 2.67. The maximum atomic E-state index is 12.4. The van der Waals surface area contributed by atoms with Crippen LogP contribution in [0.15, 0.2) is 0 Å². The predicted octanol–water partition coefficient (Wildman–Crippen LogP) is 4.24. The van der Waals surface area contributed by atoms with Crippen LogP contribution in [-0.4, -0.2) is 91.2 Å². The first kappa shape index (κ1) is 26.5. The molecule has 210 valence electrons. The van der Waals surface area contributed by atoms with Gasteiger partial charge in [0.05, 0.1) is 39.5 Å². The van der Waals surface area contributed by atoms with Crippen molar-refractivity contribution >= 4 is 5.97 Å². The summed E-state index contributed by atoms with van der Waals surface area (Å²) in [7, 11) is 2.46. The van der Waals surface area contributed by atoms with Gasteiger partial charge in [-0.3, -0.25) is 9.69 Å². The van der Waals surface area contributed by atoms with E-state index in [2.05, 4.69) is 25.8 Å². The van der Waals surface area contributed by atoms with E-state index < -0.39 is 0 Å². The van der Waals surface area contributed by atoms with Gasteiger partial charge in [0.1, 0.15) is 6.04 Å². The molecule has 6 heteroatoms. The van der Waals surface area contributed by atoms with E-state index in [0.29, 0.717) is 23.3 Å². The van der Waals surface area contributed by atoms with Crippen LogP contribution in [0.3, 0.4) is 0 Å². The second-order valence-electron chi connectivity index (χ2n) is 14.7. The largest absolute Gasteiger partial charge is 0.456 e. The van der Waals surface area contributed by atoms with E-state index in [9.17, 15) is 9.90 Å². The lowest BCUT2D eigenvalue weighted by molar-refractivity contribution is -0.940. The number of aliphatic hydroxyl groups is 1. The first-order valence-corrected chi connectivity index (χ1v) is 15.7. The van der Waals surface area contributed by atoms with Crippen molar-refractivity contribution in [3.05, 3.63) is 0 Å². The summed E-state index contributed by atoms with van der Waals surface area (Å²) in [5.74, 6) is 2.64. The lowest BCUT2D eigenvalue weighted by Gasteiger charge is -2.62.